The molecule has 1 saturated heterocycles. The highest BCUT2D eigenvalue weighted by Crippen LogP contribution is 2.27. The molecule has 4 unspecified atom stereocenters. The van der Waals surface area contributed by atoms with Gasteiger partial charge in [-0.1, -0.05) is 18.2 Å². The molecule has 1 aromatic carbocycles. The molecule has 2 amide bonds. The van der Waals surface area contributed by atoms with E-state index in [0.29, 0.717) is 5.69 Å². The van der Waals surface area contributed by atoms with E-state index in [1.165, 1.54) is 21.0 Å². The molecule has 0 radical (unpaired) electrons. The summed E-state index contributed by atoms with van der Waals surface area (Å²) in [7, 11) is -2.85. The first kappa shape index (κ1) is 65.6. The maximum Gasteiger partial charge on any atom is 0.510 e. The molecule has 422 valence electrons. The molecular formula is C41H65N5O27S. The summed E-state index contributed by atoms with van der Waals surface area (Å²) in [6.45, 7) is -3.04. The molecule has 0 saturated carbocycles. The zero-order chi connectivity index (χ0) is 56.1. The maximum atomic E-state index is 13.0. The lowest BCUT2D eigenvalue weighted by atomic mass is 9.93. The van der Waals surface area contributed by atoms with Crippen LogP contribution in [0.2, 0.25) is 0 Å². The fourth-order valence-corrected chi connectivity index (χ4v) is 5.36. The van der Waals surface area contributed by atoms with E-state index < -0.39 is 158 Å². The lowest BCUT2D eigenvalue weighted by Gasteiger charge is -2.27. The molecule has 74 heavy (non-hydrogen) atoms. The number of carbonyl (C=O) groups is 7. The van der Waals surface area contributed by atoms with E-state index in [9.17, 15) is 67.5 Å². The van der Waals surface area contributed by atoms with Gasteiger partial charge in [-0.05, 0) is 32.9 Å². The number of guanidine groups is 1. The second-order valence-electron chi connectivity index (χ2n) is 16.3. The highest BCUT2D eigenvalue weighted by atomic mass is 32.2. The molecule has 8 atom stereocenters. The Kier molecular flexibility index (Phi) is 29.0. The number of anilines is 1. The summed E-state index contributed by atoms with van der Waals surface area (Å²) < 4.78 is 83.0. The molecule has 13 N–H and O–H groups in total. The first-order valence-corrected chi connectivity index (χ1v) is 23.4. The van der Waals surface area contributed by atoms with Gasteiger partial charge >= 0.3 is 42.4 Å². The minimum atomic E-state index is -4.27. The summed E-state index contributed by atoms with van der Waals surface area (Å²) in [5.74, 6) is -4.10. The summed E-state index contributed by atoms with van der Waals surface area (Å²) in [6.07, 6.45) is -12.5. The number of hydrogen-bond acceptors (Lipinski definition) is 27. The van der Waals surface area contributed by atoms with Crippen LogP contribution in [0.3, 0.4) is 0 Å². The van der Waals surface area contributed by atoms with Gasteiger partial charge in [-0.15, -0.1) is 0 Å². The molecule has 33 heteroatoms. The number of aliphatic imine (C=N–C) groups is 1. The molecule has 2 rings (SSSR count). The van der Waals surface area contributed by atoms with Crippen LogP contribution >= 0.6 is 0 Å². The molecule has 32 nitrogen and oxygen atoms in total. The number of methoxy groups -OCH3 is 1. The van der Waals surface area contributed by atoms with Crippen molar-refractivity contribution in [2.75, 3.05) is 111 Å². The number of aliphatic hydroxyl groups excluding tert-OH is 6. The molecule has 1 aromatic rings. The van der Waals surface area contributed by atoms with E-state index in [-0.39, 0.29) is 45.5 Å². The average Bonchev–Trinajstić information content (AvgIpc) is 3.64. The van der Waals surface area contributed by atoms with Gasteiger partial charge in [0.2, 0.25) is 6.29 Å². The van der Waals surface area contributed by atoms with Crippen LogP contribution in [0, 0.1) is 16.2 Å². The molecule has 0 spiro atoms. The summed E-state index contributed by atoms with van der Waals surface area (Å²) in [5.41, 5.74) is 5.73. The summed E-state index contributed by atoms with van der Waals surface area (Å²) in [6, 6.07) is 8.01. The minimum absolute atomic E-state index is 0.0377. The van der Waals surface area contributed by atoms with Gasteiger partial charge in [0.1, 0.15) is 99.3 Å². The Morgan fingerprint density at radius 1 is 0.703 bits per heavy atom. The zero-order valence-electron chi connectivity index (χ0n) is 40.7. The van der Waals surface area contributed by atoms with Crippen LogP contribution in [-0.2, 0) is 76.6 Å². The van der Waals surface area contributed by atoms with Gasteiger partial charge in [-0.25, -0.2) is 19.2 Å². The van der Waals surface area contributed by atoms with Gasteiger partial charge < -0.3 is 105 Å². The van der Waals surface area contributed by atoms with Crippen LogP contribution in [0.4, 0.5) is 24.9 Å². The maximum absolute atomic E-state index is 13.0. The quantitative estimate of drug-likeness (QED) is 0.00926. The van der Waals surface area contributed by atoms with E-state index >= 15 is 0 Å². The second-order valence-corrected chi connectivity index (χ2v) is 17.9. The standard InChI is InChI=1S/C30H45N5O17.C11H20O10S/c1-29(13-37,23(41)46-11-9-34-26(43)35-17-6-4-3-5-7-17)14-48-27(44)49-15-30(2,24(42)47-10-8-33-25(31)32)16-50-28(45)52-22-20(40)19(39)21(51-22)18(38)12-36;1-11(7-12,8-21-10(14)20-4-3-18-2)9(13)19-5-6-22(15,16)17/h3-7,18-22,36-40H,8-16H2,1-2H3,(H4,31,32,33)(H2,34,35,43);12H,3-8H2,1-2H3,(H,15,16,17)/t18-,19-,20+,21-,22?,29?,30?;/m1./s1. The minimum Gasteiger partial charge on any atom is -0.464 e. The molecule has 1 fully saturated rings. The molecule has 1 aliphatic heterocycles. The van der Waals surface area contributed by atoms with Crippen molar-refractivity contribution in [3.8, 4) is 0 Å². The fraction of sp³-hybridized carbons (Fsp3) is 0.659. The molecule has 0 bridgehead atoms. The normalized spacial score (nSPS) is 18.8. The number of nitrogens with two attached hydrogens (primary N) is 2. The van der Waals surface area contributed by atoms with Gasteiger partial charge in [0.15, 0.2) is 5.96 Å². The zero-order valence-corrected chi connectivity index (χ0v) is 41.5. The number of rotatable bonds is 29. The van der Waals surface area contributed by atoms with Crippen molar-refractivity contribution in [3.05, 3.63) is 30.3 Å². The van der Waals surface area contributed by atoms with E-state index in [4.69, 9.17) is 54.3 Å². The number of nitrogens with one attached hydrogen (secondary N) is 2. The highest BCUT2D eigenvalue weighted by molar-refractivity contribution is 7.85. The van der Waals surface area contributed by atoms with Gasteiger partial charge in [0.05, 0.1) is 39.5 Å². The van der Waals surface area contributed by atoms with Crippen molar-refractivity contribution in [3.63, 3.8) is 0 Å². The molecule has 0 aliphatic carbocycles. The fourth-order valence-electron chi connectivity index (χ4n) is 5.06. The summed E-state index contributed by atoms with van der Waals surface area (Å²) in [4.78, 5) is 89.1. The first-order valence-electron chi connectivity index (χ1n) is 21.8. The third-order valence-electron chi connectivity index (χ3n) is 9.60. The Morgan fingerprint density at radius 3 is 1.72 bits per heavy atom. The predicted molar refractivity (Wildman–Crippen MR) is 245 cm³/mol. The Bertz CT molecular complexity index is 2090. The number of urea groups is 1. The number of para-hydroxylation sites is 1. The van der Waals surface area contributed by atoms with Gasteiger partial charge in [-0.3, -0.25) is 23.9 Å². The Hall–Kier alpha value is -6.43. The third kappa shape index (κ3) is 24.5. The van der Waals surface area contributed by atoms with Crippen LogP contribution in [0.5, 0.6) is 0 Å². The van der Waals surface area contributed by atoms with E-state index in [1.807, 2.05) is 0 Å². The number of nitrogens with zero attached hydrogens (tertiary/aromatic N) is 1. The van der Waals surface area contributed by atoms with Crippen molar-refractivity contribution in [2.45, 2.75) is 51.5 Å². The summed E-state index contributed by atoms with van der Waals surface area (Å²) in [5, 5.41) is 63.0. The van der Waals surface area contributed by atoms with E-state index in [0.717, 1.165) is 6.92 Å². The van der Waals surface area contributed by atoms with Crippen molar-refractivity contribution >= 4 is 64.2 Å². The number of amides is 2. The van der Waals surface area contributed by atoms with Crippen LogP contribution < -0.4 is 22.1 Å². The monoisotopic (exact) mass is 1090 g/mol. The number of ether oxygens (including phenoxy) is 11. The van der Waals surface area contributed by atoms with Gasteiger partial charge in [-0.2, -0.15) is 8.42 Å². The molecule has 1 aliphatic rings. The largest absolute Gasteiger partial charge is 0.510 e. The van der Waals surface area contributed by atoms with Crippen molar-refractivity contribution in [1.82, 2.24) is 5.32 Å². The Labute approximate surface area is 423 Å². The van der Waals surface area contributed by atoms with Crippen LogP contribution in [0.1, 0.15) is 20.8 Å². The number of carbonyl (C=O) groups excluding carboxylic acids is 7. The van der Waals surface area contributed by atoms with Crippen molar-refractivity contribution < 1.29 is 129 Å². The van der Waals surface area contributed by atoms with Crippen LogP contribution in [-0.4, -0.2) is 228 Å². The summed E-state index contributed by atoms with van der Waals surface area (Å²) >= 11 is 0. The van der Waals surface area contributed by atoms with Crippen LogP contribution in [0.15, 0.2) is 35.3 Å². The third-order valence-corrected chi connectivity index (χ3v) is 10.3. The second kappa shape index (κ2) is 32.7. The lowest BCUT2D eigenvalue weighted by molar-refractivity contribution is -0.171. The van der Waals surface area contributed by atoms with E-state index in [1.54, 1.807) is 30.3 Å². The topological polar surface area (TPSA) is 485 Å². The first-order chi connectivity index (χ1) is 34.7. The number of benzene rings is 1. The Morgan fingerprint density at radius 2 is 1.20 bits per heavy atom. The highest BCUT2D eigenvalue weighted by Gasteiger charge is 2.49. The number of hydrogen-bond donors (Lipinski definition) is 11. The molecule has 1 heterocycles. The average molecular weight is 1090 g/mol. The number of aliphatic hydroxyl groups is 6. The molecule has 0 aromatic heterocycles. The smallest absolute Gasteiger partial charge is 0.464 e. The van der Waals surface area contributed by atoms with Crippen molar-refractivity contribution in [2.24, 2.45) is 32.7 Å². The predicted octanol–water partition coefficient (Wildman–Crippen LogP) is -3.51. The lowest BCUT2D eigenvalue weighted by Crippen LogP contribution is -2.42. The van der Waals surface area contributed by atoms with Gasteiger partial charge in [0.25, 0.3) is 10.1 Å². The van der Waals surface area contributed by atoms with E-state index in [2.05, 4.69) is 34.6 Å². The Balaban J connectivity index is 0.00000104. The van der Waals surface area contributed by atoms with Crippen molar-refractivity contribution in [1.29, 1.82) is 0 Å². The molecular weight excluding hydrogens is 1030 g/mol. The van der Waals surface area contributed by atoms with Gasteiger partial charge in [0, 0.05) is 12.8 Å². The number of esters is 3. The SMILES string of the molecule is CC(CO)(COC(=O)OCC(C)(COC(=O)OC1O[C@H]([C@H](O)CO)[C@H](O)[C@@H]1O)C(=O)OCCN=C(N)N)C(=O)OCCNC(=O)Nc1ccccc1.COCCOC(=O)OCC(C)(CO)C(=O)OCCS(=O)(=O)O. The van der Waals surface area contributed by atoms with Crippen LogP contribution in [0.25, 0.3) is 0 Å².